The van der Waals surface area contributed by atoms with Crippen LogP contribution in [0.25, 0.3) is 0 Å². The van der Waals surface area contributed by atoms with Gasteiger partial charge in [0.25, 0.3) is 0 Å². The maximum Gasteiger partial charge on any atom is 0.232 e. The molecular formula is C14H26N2OS. The highest BCUT2D eigenvalue weighted by Crippen LogP contribution is 2.31. The molecular weight excluding hydrogens is 244 g/mol. The minimum absolute atomic E-state index is 0.172. The van der Waals surface area contributed by atoms with Crippen molar-refractivity contribution in [1.29, 1.82) is 0 Å². The van der Waals surface area contributed by atoms with E-state index < -0.39 is 0 Å². The summed E-state index contributed by atoms with van der Waals surface area (Å²) in [6, 6.07) is 0.459. The summed E-state index contributed by atoms with van der Waals surface area (Å²) in [7, 11) is 2.00. The largest absolute Gasteiger partial charge is 0.340 e. The minimum Gasteiger partial charge on any atom is -0.340 e. The first kappa shape index (κ1) is 14.2. The minimum atomic E-state index is 0.172. The number of amides is 1. The number of rotatable bonds is 3. The zero-order valence-electron chi connectivity index (χ0n) is 12.1. The van der Waals surface area contributed by atoms with Crippen molar-refractivity contribution in [2.45, 2.75) is 44.4 Å². The lowest BCUT2D eigenvalue weighted by molar-refractivity contribution is -0.133. The van der Waals surface area contributed by atoms with Crippen LogP contribution in [0.5, 0.6) is 0 Å². The number of carbonyl (C=O) groups excluding carboxylic acids is 1. The van der Waals surface area contributed by atoms with Gasteiger partial charge in [-0.3, -0.25) is 4.79 Å². The first-order chi connectivity index (χ1) is 8.37. The molecule has 0 radical (unpaired) electrons. The van der Waals surface area contributed by atoms with Crippen LogP contribution in [0.4, 0.5) is 0 Å². The van der Waals surface area contributed by atoms with Gasteiger partial charge in [0, 0.05) is 24.4 Å². The molecule has 4 heteroatoms. The standard InChI is InChI=1S/C14H26N2OS/c1-14(2,3)18-10-13(17)15(4)12-9-16-7-5-11(12)6-8-16/h11-12H,5-10H2,1-4H3/t12-/m1/s1. The summed E-state index contributed by atoms with van der Waals surface area (Å²) >= 11 is 1.75. The number of likely N-dealkylation sites (N-methyl/N-ethyl adjacent to an activating group) is 1. The lowest BCUT2D eigenvalue weighted by Gasteiger charge is -2.48. The van der Waals surface area contributed by atoms with Gasteiger partial charge in [-0.15, -0.1) is 11.8 Å². The first-order valence-corrected chi connectivity index (χ1v) is 7.97. The van der Waals surface area contributed by atoms with Crippen LogP contribution in [0.2, 0.25) is 0 Å². The number of carbonyl (C=O) groups is 1. The molecule has 3 nitrogen and oxygen atoms in total. The van der Waals surface area contributed by atoms with Crippen LogP contribution in [0.1, 0.15) is 33.6 Å². The summed E-state index contributed by atoms with van der Waals surface area (Å²) in [5.41, 5.74) is 0. The zero-order chi connectivity index (χ0) is 13.3. The molecule has 1 atom stereocenters. The van der Waals surface area contributed by atoms with Gasteiger partial charge < -0.3 is 9.80 Å². The second kappa shape index (κ2) is 5.41. The van der Waals surface area contributed by atoms with Crippen LogP contribution < -0.4 is 0 Å². The fourth-order valence-corrected chi connectivity index (χ4v) is 3.70. The van der Waals surface area contributed by atoms with E-state index in [0.717, 1.165) is 12.5 Å². The molecule has 18 heavy (non-hydrogen) atoms. The number of piperidine rings is 3. The second-order valence-electron chi connectivity index (χ2n) is 6.61. The van der Waals surface area contributed by atoms with Gasteiger partial charge >= 0.3 is 0 Å². The van der Waals surface area contributed by atoms with Crippen LogP contribution in [0.15, 0.2) is 0 Å². The molecule has 0 aromatic heterocycles. The van der Waals surface area contributed by atoms with Gasteiger partial charge in [-0.1, -0.05) is 20.8 Å². The molecule has 3 aliphatic heterocycles. The molecule has 104 valence electrons. The highest BCUT2D eigenvalue weighted by molar-refractivity contribution is 8.01. The zero-order valence-corrected chi connectivity index (χ0v) is 12.9. The van der Waals surface area contributed by atoms with Crippen molar-refractivity contribution in [3.8, 4) is 0 Å². The van der Waals surface area contributed by atoms with Gasteiger partial charge in [0.2, 0.25) is 5.91 Å². The number of nitrogens with zero attached hydrogens (tertiary/aromatic N) is 2. The van der Waals surface area contributed by atoms with Crippen molar-refractivity contribution in [2.75, 3.05) is 32.4 Å². The van der Waals surface area contributed by atoms with Crippen LogP contribution in [-0.2, 0) is 4.79 Å². The van der Waals surface area contributed by atoms with E-state index in [-0.39, 0.29) is 4.75 Å². The van der Waals surface area contributed by atoms with E-state index in [9.17, 15) is 4.79 Å². The molecule has 3 saturated heterocycles. The van der Waals surface area contributed by atoms with Crippen molar-refractivity contribution in [1.82, 2.24) is 9.80 Å². The van der Waals surface area contributed by atoms with E-state index in [1.165, 1.54) is 25.9 Å². The summed E-state index contributed by atoms with van der Waals surface area (Å²) in [5.74, 6) is 1.65. The molecule has 3 heterocycles. The fraction of sp³-hybridized carbons (Fsp3) is 0.929. The Kier molecular flexibility index (Phi) is 4.27. The number of hydrogen-bond donors (Lipinski definition) is 0. The Morgan fingerprint density at radius 2 is 1.94 bits per heavy atom. The van der Waals surface area contributed by atoms with Crippen molar-refractivity contribution in [3.05, 3.63) is 0 Å². The molecule has 0 aromatic rings. The quantitative estimate of drug-likeness (QED) is 0.784. The molecule has 1 amide bonds. The van der Waals surface area contributed by atoms with Gasteiger partial charge in [-0.2, -0.15) is 0 Å². The van der Waals surface area contributed by atoms with E-state index in [4.69, 9.17) is 0 Å². The molecule has 0 aliphatic carbocycles. The average Bonchev–Trinajstić information content (AvgIpc) is 2.35. The number of thioether (sulfide) groups is 1. The van der Waals surface area contributed by atoms with E-state index in [1.54, 1.807) is 11.8 Å². The molecule has 3 fully saturated rings. The highest BCUT2D eigenvalue weighted by atomic mass is 32.2. The van der Waals surface area contributed by atoms with E-state index >= 15 is 0 Å². The number of fused-ring (bicyclic) bond motifs is 3. The van der Waals surface area contributed by atoms with Crippen LogP contribution in [-0.4, -0.2) is 58.9 Å². The Hall–Kier alpha value is -0.220. The third kappa shape index (κ3) is 3.41. The normalized spacial score (nSPS) is 31.4. The second-order valence-corrected chi connectivity index (χ2v) is 8.41. The monoisotopic (exact) mass is 270 g/mol. The summed E-state index contributed by atoms with van der Waals surface area (Å²) < 4.78 is 0.172. The molecule has 0 saturated carbocycles. The van der Waals surface area contributed by atoms with Crippen LogP contribution >= 0.6 is 11.8 Å². The van der Waals surface area contributed by atoms with Gasteiger partial charge in [-0.25, -0.2) is 0 Å². The maximum atomic E-state index is 12.3. The Bertz CT molecular complexity index is 305. The first-order valence-electron chi connectivity index (χ1n) is 6.99. The van der Waals surface area contributed by atoms with Gasteiger partial charge in [0.1, 0.15) is 0 Å². The van der Waals surface area contributed by atoms with Crippen LogP contribution in [0, 0.1) is 5.92 Å². The highest BCUT2D eigenvalue weighted by Gasteiger charge is 2.37. The molecule has 3 aliphatic rings. The third-order valence-electron chi connectivity index (χ3n) is 4.14. The van der Waals surface area contributed by atoms with E-state index in [1.807, 2.05) is 11.9 Å². The Balaban J connectivity index is 1.87. The SMILES string of the molecule is CN(C(=O)CSC(C)(C)C)[C@@H]1CN2CCC1CC2. The molecule has 2 bridgehead atoms. The van der Waals surface area contributed by atoms with Crippen LogP contribution in [0.3, 0.4) is 0 Å². The van der Waals surface area contributed by atoms with E-state index in [2.05, 4.69) is 25.7 Å². The Morgan fingerprint density at radius 3 is 2.39 bits per heavy atom. The summed E-state index contributed by atoms with van der Waals surface area (Å²) in [6.45, 7) is 10.1. The number of hydrogen-bond acceptors (Lipinski definition) is 3. The van der Waals surface area contributed by atoms with Crippen molar-refractivity contribution in [2.24, 2.45) is 5.92 Å². The average molecular weight is 270 g/mol. The van der Waals surface area contributed by atoms with Gasteiger partial charge in [0.15, 0.2) is 0 Å². The van der Waals surface area contributed by atoms with Crippen molar-refractivity contribution >= 4 is 17.7 Å². The lowest BCUT2D eigenvalue weighted by Crippen LogP contribution is -2.57. The predicted octanol–water partition coefficient (Wildman–Crippen LogP) is 2.07. The van der Waals surface area contributed by atoms with Crippen molar-refractivity contribution in [3.63, 3.8) is 0 Å². The summed E-state index contributed by atoms with van der Waals surface area (Å²) in [4.78, 5) is 16.8. The smallest absolute Gasteiger partial charge is 0.232 e. The molecule has 0 spiro atoms. The van der Waals surface area contributed by atoms with Gasteiger partial charge in [-0.05, 0) is 31.8 Å². The van der Waals surface area contributed by atoms with Crippen molar-refractivity contribution < 1.29 is 4.79 Å². The Morgan fingerprint density at radius 1 is 1.33 bits per heavy atom. The predicted molar refractivity (Wildman–Crippen MR) is 77.9 cm³/mol. The Labute approximate surface area is 115 Å². The van der Waals surface area contributed by atoms with E-state index in [0.29, 0.717) is 17.7 Å². The molecule has 0 unspecified atom stereocenters. The topological polar surface area (TPSA) is 23.6 Å². The maximum absolute atomic E-state index is 12.3. The van der Waals surface area contributed by atoms with Gasteiger partial charge in [0.05, 0.1) is 5.75 Å². The third-order valence-corrected chi connectivity index (χ3v) is 5.40. The molecule has 0 aromatic carbocycles. The fourth-order valence-electron chi connectivity index (χ4n) is 2.94. The summed E-state index contributed by atoms with van der Waals surface area (Å²) in [5, 5.41) is 0. The molecule has 0 N–H and O–H groups in total. The molecule has 3 rings (SSSR count). The lowest BCUT2D eigenvalue weighted by atomic mass is 9.83. The summed E-state index contributed by atoms with van der Waals surface area (Å²) in [6.07, 6.45) is 2.55.